The number of nitrogens with one attached hydrogen (secondary N) is 1. The van der Waals surface area contributed by atoms with Gasteiger partial charge in [0.15, 0.2) is 5.78 Å². The molecule has 0 radical (unpaired) electrons. The van der Waals surface area contributed by atoms with Crippen LogP contribution in [0.3, 0.4) is 0 Å². The molecule has 2 fully saturated rings. The average Bonchev–Trinajstić information content (AvgIpc) is 2.81. The van der Waals surface area contributed by atoms with E-state index in [0.717, 1.165) is 52.0 Å². The first-order valence-electron chi connectivity index (χ1n) is 12.1. The third kappa shape index (κ3) is 6.64. The highest BCUT2D eigenvalue weighted by molar-refractivity contribution is 5.96. The number of nitrogens with zero attached hydrogens (tertiary/aromatic N) is 2. The van der Waals surface area contributed by atoms with Crippen LogP contribution in [0, 0.1) is 17.7 Å². The van der Waals surface area contributed by atoms with Crippen LogP contribution in [0.25, 0.3) is 0 Å². The van der Waals surface area contributed by atoms with Crippen LogP contribution in [0.1, 0.15) is 48.5 Å². The summed E-state index contributed by atoms with van der Waals surface area (Å²) in [4.78, 5) is 28.9. The van der Waals surface area contributed by atoms with E-state index in [2.05, 4.69) is 10.2 Å². The number of hydrogen-bond acceptors (Lipinski definition) is 3. The Labute approximate surface area is 196 Å². The number of benzene rings is 2. The van der Waals surface area contributed by atoms with Gasteiger partial charge >= 0.3 is 6.03 Å². The van der Waals surface area contributed by atoms with Gasteiger partial charge in [-0.15, -0.1) is 0 Å². The highest BCUT2D eigenvalue weighted by Crippen LogP contribution is 2.25. The minimum Gasteiger partial charge on any atom is -0.324 e. The van der Waals surface area contributed by atoms with E-state index >= 15 is 0 Å². The van der Waals surface area contributed by atoms with E-state index in [1.54, 1.807) is 30.3 Å². The molecule has 2 atom stereocenters. The number of carbonyl (C=O) groups excluding carboxylic acids is 2. The zero-order chi connectivity index (χ0) is 23.2. The Morgan fingerprint density at radius 2 is 1.76 bits per heavy atom. The maximum atomic E-state index is 13.2. The van der Waals surface area contributed by atoms with Gasteiger partial charge < -0.3 is 15.1 Å². The zero-order valence-electron chi connectivity index (χ0n) is 19.4. The highest BCUT2D eigenvalue weighted by Gasteiger charge is 2.27. The van der Waals surface area contributed by atoms with Gasteiger partial charge in [-0.25, -0.2) is 9.18 Å². The first-order chi connectivity index (χ1) is 16.0. The summed E-state index contributed by atoms with van der Waals surface area (Å²) in [6.07, 6.45) is 5.55. The molecule has 0 aromatic heterocycles. The molecule has 6 heteroatoms. The molecule has 1 N–H and O–H groups in total. The third-order valence-corrected chi connectivity index (χ3v) is 6.88. The van der Waals surface area contributed by atoms with E-state index in [0.29, 0.717) is 23.1 Å². The van der Waals surface area contributed by atoms with Crippen molar-refractivity contribution in [1.29, 1.82) is 0 Å². The summed E-state index contributed by atoms with van der Waals surface area (Å²) >= 11 is 0. The molecule has 33 heavy (non-hydrogen) atoms. The van der Waals surface area contributed by atoms with Crippen molar-refractivity contribution in [1.82, 2.24) is 9.80 Å². The van der Waals surface area contributed by atoms with Crippen LogP contribution in [0.4, 0.5) is 14.9 Å². The van der Waals surface area contributed by atoms with E-state index < -0.39 is 0 Å². The molecule has 0 bridgehead atoms. The molecule has 0 saturated carbocycles. The maximum Gasteiger partial charge on any atom is 0.321 e. The standard InChI is InChI=1S/C27H34FN3O2/c1-20(32)24-7-2-8-26(16-24)29-27(33)31-14-4-6-23(19-31)18-30-13-3-5-22(17-30)15-21-9-11-25(28)12-10-21/h2,7-12,16,22-23H,3-6,13-15,17-19H2,1H3,(H,29,33)/t22-,23?/m0/s1. The van der Waals surface area contributed by atoms with Crippen LogP contribution < -0.4 is 5.32 Å². The molecule has 1 unspecified atom stereocenters. The van der Waals surface area contributed by atoms with Gasteiger partial charge in [0.25, 0.3) is 0 Å². The molecule has 2 amide bonds. The van der Waals surface area contributed by atoms with E-state index in [1.165, 1.54) is 25.3 Å². The van der Waals surface area contributed by atoms with Crippen molar-refractivity contribution in [2.24, 2.45) is 11.8 Å². The number of halogens is 1. The normalized spacial score (nSPS) is 21.6. The summed E-state index contributed by atoms with van der Waals surface area (Å²) in [5.41, 5.74) is 2.47. The largest absolute Gasteiger partial charge is 0.324 e. The Morgan fingerprint density at radius 1 is 1.00 bits per heavy atom. The molecule has 176 valence electrons. The van der Waals surface area contributed by atoms with E-state index in [-0.39, 0.29) is 17.6 Å². The SMILES string of the molecule is CC(=O)c1cccc(NC(=O)N2CCCC(CN3CCC[C@@H](Cc4ccc(F)cc4)C3)C2)c1. The number of rotatable bonds is 6. The molecule has 2 aromatic rings. The zero-order valence-corrected chi connectivity index (χ0v) is 19.4. The predicted molar refractivity (Wildman–Crippen MR) is 129 cm³/mol. The van der Waals surface area contributed by atoms with E-state index in [9.17, 15) is 14.0 Å². The minimum absolute atomic E-state index is 0.0107. The number of piperidine rings is 2. The molecule has 5 nitrogen and oxygen atoms in total. The summed E-state index contributed by atoms with van der Waals surface area (Å²) < 4.78 is 13.2. The van der Waals surface area contributed by atoms with Gasteiger partial charge in [0.2, 0.25) is 0 Å². The van der Waals surface area contributed by atoms with Gasteiger partial charge in [-0.2, -0.15) is 0 Å². The van der Waals surface area contributed by atoms with Gasteiger partial charge in [-0.3, -0.25) is 4.79 Å². The number of anilines is 1. The molecule has 4 rings (SSSR count). The fraction of sp³-hybridized carbons (Fsp3) is 0.481. The van der Waals surface area contributed by atoms with Gasteiger partial charge in [0.05, 0.1) is 0 Å². The highest BCUT2D eigenvalue weighted by atomic mass is 19.1. The smallest absolute Gasteiger partial charge is 0.321 e. The number of amides is 2. The van der Waals surface area contributed by atoms with Crippen LogP contribution in [0.2, 0.25) is 0 Å². The Morgan fingerprint density at radius 3 is 2.55 bits per heavy atom. The number of likely N-dealkylation sites (tertiary alicyclic amines) is 2. The summed E-state index contributed by atoms with van der Waals surface area (Å²) in [6, 6.07) is 13.9. The molecular formula is C27H34FN3O2. The third-order valence-electron chi connectivity index (χ3n) is 6.88. The van der Waals surface area contributed by atoms with Gasteiger partial charge in [0, 0.05) is 37.4 Å². The fourth-order valence-corrected chi connectivity index (χ4v) is 5.22. The van der Waals surface area contributed by atoms with Crippen molar-refractivity contribution in [3.8, 4) is 0 Å². The first kappa shape index (κ1) is 23.4. The Balaban J connectivity index is 1.28. The number of carbonyl (C=O) groups is 2. The molecule has 0 aliphatic carbocycles. The van der Waals surface area contributed by atoms with Crippen molar-refractivity contribution in [2.45, 2.75) is 39.0 Å². The topological polar surface area (TPSA) is 52.7 Å². The van der Waals surface area contributed by atoms with Crippen LogP contribution in [0.15, 0.2) is 48.5 Å². The van der Waals surface area contributed by atoms with Crippen LogP contribution >= 0.6 is 0 Å². The Hall–Kier alpha value is -2.73. The van der Waals surface area contributed by atoms with Crippen molar-refractivity contribution in [3.05, 3.63) is 65.5 Å². The second-order valence-electron chi connectivity index (χ2n) is 9.62. The number of ketones is 1. The van der Waals surface area contributed by atoms with Gasteiger partial charge in [0.1, 0.15) is 5.82 Å². The lowest BCUT2D eigenvalue weighted by molar-refractivity contribution is 0.101. The summed E-state index contributed by atoms with van der Waals surface area (Å²) in [6.45, 7) is 6.25. The molecular weight excluding hydrogens is 417 g/mol. The van der Waals surface area contributed by atoms with Gasteiger partial charge in [-0.05, 0) is 87.2 Å². The number of hydrogen-bond donors (Lipinski definition) is 1. The molecule has 2 heterocycles. The van der Waals surface area contributed by atoms with Crippen LogP contribution in [0.5, 0.6) is 0 Å². The quantitative estimate of drug-likeness (QED) is 0.612. The number of urea groups is 1. The van der Waals surface area contributed by atoms with Crippen molar-refractivity contribution in [2.75, 3.05) is 38.0 Å². The maximum absolute atomic E-state index is 13.2. The van der Waals surface area contributed by atoms with Gasteiger partial charge in [-0.1, -0.05) is 24.3 Å². The molecule has 2 saturated heterocycles. The lowest BCUT2D eigenvalue weighted by atomic mass is 9.90. The number of Topliss-reactive ketones (excluding diaryl/α,β-unsaturated/α-hetero) is 1. The molecule has 2 aliphatic rings. The van der Waals surface area contributed by atoms with Crippen LogP contribution in [-0.2, 0) is 6.42 Å². The van der Waals surface area contributed by atoms with E-state index in [4.69, 9.17) is 0 Å². The Bertz CT molecular complexity index is 962. The molecule has 2 aromatic carbocycles. The second kappa shape index (κ2) is 10.9. The monoisotopic (exact) mass is 451 g/mol. The van der Waals surface area contributed by atoms with E-state index in [1.807, 2.05) is 23.1 Å². The summed E-state index contributed by atoms with van der Waals surface area (Å²) in [7, 11) is 0. The second-order valence-corrected chi connectivity index (χ2v) is 9.62. The fourth-order valence-electron chi connectivity index (χ4n) is 5.22. The predicted octanol–water partition coefficient (Wildman–Crippen LogP) is 5.23. The summed E-state index contributed by atoms with van der Waals surface area (Å²) in [5.74, 6) is 0.878. The van der Waals surface area contributed by atoms with Crippen molar-refractivity contribution >= 4 is 17.5 Å². The first-order valence-corrected chi connectivity index (χ1v) is 12.1. The lowest BCUT2D eigenvalue weighted by Crippen LogP contribution is -2.47. The van der Waals surface area contributed by atoms with Crippen LogP contribution in [-0.4, -0.2) is 54.3 Å². The minimum atomic E-state index is -0.179. The molecule has 0 spiro atoms. The lowest BCUT2D eigenvalue weighted by Gasteiger charge is -2.38. The Kier molecular flexibility index (Phi) is 7.76. The summed E-state index contributed by atoms with van der Waals surface area (Å²) in [5, 5.41) is 2.96. The molecule has 2 aliphatic heterocycles. The van der Waals surface area contributed by atoms with Crippen molar-refractivity contribution < 1.29 is 14.0 Å². The van der Waals surface area contributed by atoms with Crippen molar-refractivity contribution in [3.63, 3.8) is 0 Å². The average molecular weight is 452 g/mol.